The lowest BCUT2D eigenvalue weighted by molar-refractivity contribution is -0.134. The van der Waals surface area contributed by atoms with Gasteiger partial charge in [-0.25, -0.2) is 4.79 Å². The van der Waals surface area contributed by atoms with Crippen LogP contribution in [-0.4, -0.2) is 25.0 Å². The Morgan fingerprint density at radius 1 is 1.67 bits per heavy atom. The average Bonchev–Trinajstić information content (AvgIpc) is 1.87. The summed E-state index contributed by atoms with van der Waals surface area (Å²) in [5.41, 5.74) is 0. The van der Waals surface area contributed by atoms with E-state index >= 15 is 0 Å². The normalized spacial score (nSPS) is 8.22. The van der Waals surface area contributed by atoms with E-state index in [1.54, 1.807) is 0 Å². The zero-order valence-electron chi connectivity index (χ0n) is 4.81. The number of hydrogen-bond donors (Lipinski definition) is 1. The number of carbonyl (C=O) groups excluding carboxylic acids is 2. The number of alkyl carbamates (subject to hydrolysis) is 1. The van der Waals surface area contributed by atoms with Crippen molar-refractivity contribution in [2.75, 3.05) is 12.9 Å². The van der Waals surface area contributed by atoms with Crippen LogP contribution in [0, 0.1) is 0 Å². The van der Waals surface area contributed by atoms with E-state index in [1.807, 2.05) is 0 Å². The van der Waals surface area contributed by atoms with Crippen molar-refractivity contribution in [2.45, 2.75) is 0 Å². The number of esters is 1. The van der Waals surface area contributed by atoms with Crippen molar-refractivity contribution in [1.82, 2.24) is 5.32 Å². The summed E-state index contributed by atoms with van der Waals surface area (Å²) in [5.74, 6) is -1.07. The van der Waals surface area contributed by atoms with E-state index in [0.717, 1.165) is 0 Å². The number of amides is 1. The quantitative estimate of drug-likeness (QED) is 0.329. The second-order valence-corrected chi connectivity index (χ2v) is 1.41. The number of halogens is 1. The van der Waals surface area contributed by atoms with Crippen LogP contribution in [0.4, 0.5) is 4.79 Å². The molecule has 0 radical (unpaired) electrons. The first-order chi connectivity index (χ1) is 4.20. The minimum Gasteiger partial charge on any atom is -0.375 e. The number of alkyl halides is 1. The van der Waals surface area contributed by atoms with E-state index in [-0.39, 0.29) is 5.88 Å². The van der Waals surface area contributed by atoms with Gasteiger partial charge in [0.25, 0.3) is 0 Å². The van der Waals surface area contributed by atoms with E-state index in [0.29, 0.717) is 0 Å². The number of hydrogen-bond acceptors (Lipinski definition) is 3. The molecule has 0 saturated carbocycles. The van der Waals surface area contributed by atoms with E-state index < -0.39 is 12.1 Å². The molecule has 5 heteroatoms. The van der Waals surface area contributed by atoms with Crippen LogP contribution in [0.1, 0.15) is 0 Å². The molecule has 0 aliphatic heterocycles. The highest BCUT2D eigenvalue weighted by Crippen LogP contribution is 1.82. The Bertz CT molecular complexity index is 111. The van der Waals surface area contributed by atoms with Crippen LogP contribution in [0.15, 0.2) is 0 Å². The molecule has 1 N–H and O–H groups in total. The Labute approximate surface area is 57.1 Å². The van der Waals surface area contributed by atoms with Crippen LogP contribution in [0.25, 0.3) is 0 Å². The maximum absolute atomic E-state index is 10.2. The van der Waals surface area contributed by atoms with Gasteiger partial charge in [0.1, 0.15) is 5.88 Å². The van der Waals surface area contributed by atoms with Crippen molar-refractivity contribution in [3.05, 3.63) is 0 Å². The fourth-order valence-corrected chi connectivity index (χ4v) is 0.236. The SMILES string of the molecule is CNC(=O)OC(=O)CCl. The first-order valence-electron chi connectivity index (χ1n) is 2.19. The second-order valence-electron chi connectivity index (χ2n) is 1.15. The molecule has 52 valence electrons. The Hall–Kier alpha value is -0.770. The van der Waals surface area contributed by atoms with Gasteiger partial charge < -0.3 is 10.1 Å². The summed E-state index contributed by atoms with van der Waals surface area (Å²) in [6.45, 7) is 0. The van der Waals surface area contributed by atoms with Gasteiger partial charge in [-0.3, -0.25) is 4.79 Å². The number of rotatable bonds is 1. The molecule has 0 aromatic carbocycles. The van der Waals surface area contributed by atoms with Gasteiger partial charge in [0.15, 0.2) is 0 Å². The second kappa shape index (κ2) is 4.14. The van der Waals surface area contributed by atoms with Crippen LogP contribution >= 0.6 is 11.6 Å². The van der Waals surface area contributed by atoms with Gasteiger partial charge >= 0.3 is 12.1 Å². The number of ether oxygens (including phenoxy) is 1. The minimum absolute atomic E-state index is 0.312. The van der Waals surface area contributed by atoms with Gasteiger partial charge in [-0.05, 0) is 0 Å². The summed E-state index contributed by atoms with van der Waals surface area (Å²) >= 11 is 5.00. The lowest BCUT2D eigenvalue weighted by Gasteiger charge is -1.96. The summed E-state index contributed by atoms with van der Waals surface area (Å²) in [4.78, 5) is 20.3. The fourth-order valence-electron chi connectivity index (χ4n) is 0.182. The highest BCUT2D eigenvalue weighted by molar-refractivity contribution is 6.26. The van der Waals surface area contributed by atoms with E-state index in [2.05, 4.69) is 10.1 Å². The molecule has 0 spiro atoms. The van der Waals surface area contributed by atoms with E-state index in [1.165, 1.54) is 7.05 Å². The Morgan fingerprint density at radius 2 is 2.22 bits per heavy atom. The molecular weight excluding hydrogens is 146 g/mol. The standard InChI is InChI=1S/C4H6ClNO3/c1-6-4(8)9-3(7)2-5/h2H2,1H3,(H,6,8). The lowest BCUT2D eigenvalue weighted by atomic mass is 10.8. The van der Waals surface area contributed by atoms with Crippen molar-refractivity contribution >= 4 is 23.7 Å². The number of carbonyl (C=O) groups is 2. The first kappa shape index (κ1) is 8.23. The maximum Gasteiger partial charge on any atom is 0.414 e. The van der Waals surface area contributed by atoms with Crippen molar-refractivity contribution in [3.63, 3.8) is 0 Å². The van der Waals surface area contributed by atoms with Crippen LogP contribution in [0.5, 0.6) is 0 Å². The molecule has 0 unspecified atom stereocenters. The highest BCUT2D eigenvalue weighted by Gasteiger charge is 2.04. The monoisotopic (exact) mass is 151 g/mol. The molecule has 0 heterocycles. The van der Waals surface area contributed by atoms with Crippen LogP contribution in [-0.2, 0) is 9.53 Å². The fraction of sp³-hybridized carbons (Fsp3) is 0.500. The summed E-state index contributed by atoms with van der Waals surface area (Å²) in [5, 5.41) is 2.09. The Balaban J connectivity index is 3.47. The molecule has 0 atom stereocenters. The Morgan fingerprint density at radius 3 is 2.56 bits per heavy atom. The van der Waals surface area contributed by atoms with Crippen LogP contribution in [0.3, 0.4) is 0 Å². The molecule has 1 amide bonds. The predicted molar refractivity (Wildman–Crippen MR) is 31.3 cm³/mol. The smallest absolute Gasteiger partial charge is 0.375 e. The summed E-state index contributed by atoms with van der Waals surface area (Å²) < 4.78 is 4.03. The molecule has 0 fully saturated rings. The Kier molecular flexibility index (Phi) is 3.79. The highest BCUT2D eigenvalue weighted by atomic mass is 35.5. The minimum atomic E-state index is -0.791. The van der Waals surface area contributed by atoms with Crippen LogP contribution in [0.2, 0.25) is 0 Å². The molecule has 0 rings (SSSR count). The zero-order chi connectivity index (χ0) is 7.28. The third-order valence-corrected chi connectivity index (χ3v) is 0.738. The first-order valence-corrected chi connectivity index (χ1v) is 2.72. The predicted octanol–water partition coefficient (Wildman–Crippen LogP) is 0.108. The molecule has 4 nitrogen and oxygen atoms in total. The van der Waals surface area contributed by atoms with Crippen molar-refractivity contribution < 1.29 is 14.3 Å². The van der Waals surface area contributed by atoms with E-state index in [9.17, 15) is 9.59 Å². The van der Waals surface area contributed by atoms with Gasteiger partial charge in [-0.15, -0.1) is 11.6 Å². The molecule has 0 aromatic rings. The third-order valence-electron chi connectivity index (χ3n) is 0.520. The summed E-state index contributed by atoms with van der Waals surface area (Å²) in [6, 6.07) is 0. The molecular formula is C4H6ClNO3. The topological polar surface area (TPSA) is 55.4 Å². The van der Waals surface area contributed by atoms with Gasteiger partial charge in [0.2, 0.25) is 0 Å². The maximum atomic E-state index is 10.2. The largest absolute Gasteiger partial charge is 0.414 e. The molecule has 0 aromatic heterocycles. The summed E-state index contributed by atoms with van der Waals surface area (Å²) in [6.07, 6.45) is -0.791. The van der Waals surface area contributed by atoms with E-state index in [4.69, 9.17) is 11.6 Å². The summed E-state index contributed by atoms with van der Waals surface area (Å²) in [7, 11) is 1.35. The molecule has 9 heavy (non-hydrogen) atoms. The average molecular weight is 152 g/mol. The molecule has 0 bridgehead atoms. The van der Waals surface area contributed by atoms with Gasteiger partial charge in [0.05, 0.1) is 0 Å². The van der Waals surface area contributed by atoms with Gasteiger partial charge in [-0.2, -0.15) is 0 Å². The molecule has 0 saturated heterocycles. The third kappa shape index (κ3) is 3.78. The van der Waals surface area contributed by atoms with Crippen molar-refractivity contribution in [3.8, 4) is 0 Å². The van der Waals surface area contributed by atoms with Crippen molar-refractivity contribution in [1.29, 1.82) is 0 Å². The van der Waals surface area contributed by atoms with Gasteiger partial charge in [-0.1, -0.05) is 0 Å². The molecule has 0 aliphatic carbocycles. The van der Waals surface area contributed by atoms with Crippen molar-refractivity contribution in [2.24, 2.45) is 0 Å². The zero-order valence-corrected chi connectivity index (χ0v) is 5.57. The molecule has 0 aliphatic rings. The van der Waals surface area contributed by atoms with Crippen LogP contribution < -0.4 is 5.32 Å². The lowest BCUT2D eigenvalue weighted by Crippen LogP contribution is -2.23. The number of nitrogens with one attached hydrogen (secondary N) is 1. The van der Waals surface area contributed by atoms with Gasteiger partial charge in [0, 0.05) is 7.05 Å².